The molecule has 2 fully saturated rings. The van der Waals surface area contributed by atoms with Crippen LogP contribution >= 0.6 is 0 Å². The molecule has 0 spiro atoms. The molecule has 2 aliphatic rings. The van der Waals surface area contributed by atoms with Gasteiger partial charge in [0, 0.05) is 50.6 Å². The minimum absolute atomic E-state index is 0.0510. The minimum atomic E-state index is -3.75. The Hall–Kier alpha value is -4.42. The lowest BCUT2D eigenvalue weighted by molar-refractivity contribution is -0.114. The van der Waals surface area contributed by atoms with Gasteiger partial charge in [0.25, 0.3) is 11.5 Å². The molecule has 3 aromatic carbocycles. The summed E-state index contributed by atoms with van der Waals surface area (Å²) in [5.74, 6) is -1.45. The van der Waals surface area contributed by atoms with Crippen molar-refractivity contribution in [2.45, 2.75) is 18.2 Å². The van der Waals surface area contributed by atoms with Crippen LogP contribution < -0.4 is 10.9 Å². The number of aromatic nitrogens is 2. The standard InChI is InChI=1S/C30H28FN5O5S/c1-18(37)32-22-7-9-23(10-8-22)42(40,41)36-16-20-14-35(15-21(20)17-36)30(39)26-12-19(6-11-27(26)31)13-28-24-4-2-3-5-25(24)29(38)34-33-28/h2-12,20-21H,13-17H2,1H3,(H,32,37)(H,34,38). The maximum atomic E-state index is 14.9. The first-order chi connectivity index (χ1) is 20.1. The molecule has 0 radical (unpaired) electrons. The van der Waals surface area contributed by atoms with Crippen LogP contribution in [-0.2, 0) is 21.2 Å². The second-order valence-electron chi connectivity index (χ2n) is 10.8. The Balaban J connectivity index is 1.14. The number of nitrogens with one attached hydrogen (secondary N) is 2. The van der Waals surface area contributed by atoms with E-state index in [0.29, 0.717) is 47.2 Å². The van der Waals surface area contributed by atoms with Gasteiger partial charge in [-0.15, -0.1) is 0 Å². The van der Waals surface area contributed by atoms with Crippen LogP contribution in [0.4, 0.5) is 10.1 Å². The van der Waals surface area contributed by atoms with Gasteiger partial charge >= 0.3 is 0 Å². The van der Waals surface area contributed by atoms with Gasteiger partial charge in [-0.3, -0.25) is 14.4 Å². The van der Waals surface area contributed by atoms with Crippen LogP contribution in [0.5, 0.6) is 0 Å². The maximum absolute atomic E-state index is 14.9. The quantitative estimate of drug-likeness (QED) is 0.355. The lowest BCUT2D eigenvalue weighted by Crippen LogP contribution is -2.36. The van der Waals surface area contributed by atoms with E-state index >= 15 is 0 Å². The van der Waals surface area contributed by atoms with Crippen molar-refractivity contribution in [3.05, 3.63) is 99.7 Å². The summed E-state index contributed by atoms with van der Waals surface area (Å²) in [7, 11) is -3.75. The van der Waals surface area contributed by atoms with E-state index < -0.39 is 21.7 Å². The molecule has 1 aromatic heterocycles. The van der Waals surface area contributed by atoms with Gasteiger partial charge in [0.1, 0.15) is 5.82 Å². The lowest BCUT2D eigenvalue weighted by atomic mass is 10.0. The molecule has 2 N–H and O–H groups in total. The van der Waals surface area contributed by atoms with Crippen LogP contribution in [0.3, 0.4) is 0 Å². The number of halogens is 1. The first-order valence-electron chi connectivity index (χ1n) is 13.5. The summed E-state index contributed by atoms with van der Waals surface area (Å²) in [6, 6.07) is 17.5. The largest absolute Gasteiger partial charge is 0.338 e. The Morgan fingerprint density at radius 3 is 2.31 bits per heavy atom. The minimum Gasteiger partial charge on any atom is -0.338 e. The molecule has 6 rings (SSSR count). The van der Waals surface area contributed by atoms with Crippen molar-refractivity contribution in [3.8, 4) is 0 Å². The molecule has 4 aromatic rings. The maximum Gasteiger partial charge on any atom is 0.272 e. The van der Waals surface area contributed by atoms with Crippen molar-refractivity contribution < 1.29 is 22.4 Å². The number of fused-ring (bicyclic) bond motifs is 2. The molecule has 42 heavy (non-hydrogen) atoms. The van der Waals surface area contributed by atoms with Gasteiger partial charge in [-0.2, -0.15) is 9.40 Å². The monoisotopic (exact) mass is 589 g/mol. The highest BCUT2D eigenvalue weighted by Crippen LogP contribution is 2.35. The number of aromatic amines is 1. The van der Waals surface area contributed by atoms with E-state index in [1.165, 1.54) is 35.5 Å². The zero-order valence-corrected chi connectivity index (χ0v) is 23.5. The first kappa shape index (κ1) is 27.7. The van der Waals surface area contributed by atoms with E-state index in [9.17, 15) is 27.2 Å². The number of nitrogens with zero attached hydrogens (tertiary/aromatic N) is 3. The van der Waals surface area contributed by atoms with E-state index in [2.05, 4.69) is 15.5 Å². The summed E-state index contributed by atoms with van der Waals surface area (Å²) >= 11 is 0. The summed E-state index contributed by atoms with van der Waals surface area (Å²) in [5.41, 5.74) is 1.44. The molecule has 3 heterocycles. The highest BCUT2D eigenvalue weighted by atomic mass is 32.2. The molecular weight excluding hydrogens is 561 g/mol. The summed E-state index contributed by atoms with van der Waals surface area (Å²) in [6.45, 7) is 2.55. The molecule has 0 saturated carbocycles. The fourth-order valence-corrected chi connectivity index (χ4v) is 7.44. The second kappa shape index (κ2) is 10.8. The third-order valence-corrected chi connectivity index (χ3v) is 9.81. The van der Waals surface area contributed by atoms with E-state index in [1.54, 1.807) is 41.3 Å². The number of carbonyl (C=O) groups is 2. The number of rotatable bonds is 6. The van der Waals surface area contributed by atoms with Crippen LogP contribution in [0.1, 0.15) is 28.5 Å². The van der Waals surface area contributed by atoms with Crippen LogP contribution in [0.15, 0.2) is 76.4 Å². The molecule has 12 heteroatoms. The molecule has 2 unspecified atom stereocenters. The highest BCUT2D eigenvalue weighted by molar-refractivity contribution is 7.89. The summed E-state index contributed by atoms with van der Waals surface area (Å²) in [4.78, 5) is 38.5. The van der Waals surface area contributed by atoms with Gasteiger partial charge in [-0.1, -0.05) is 24.3 Å². The molecule has 216 valence electrons. The smallest absolute Gasteiger partial charge is 0.272 e. The molecule has 2 aliphatic heterocycles. The average Bonchev–Trinajstić information content (AvgIpc) is 3.56. The number of anilines is 1. The highest BCUT2D eigenvalue weighted by Gasteiger charge is 2.45. The van der Waals surface area contributed by atoms with Gasteiger partial charge in [0.15, 0.2) is 0 Å². The molecule has 2 atom stereocenters. The van der Waals surface area contributed by atoms with Crippen molar-refractivity contribution in [2.24, 2.45) is 11.8 Å². The molecular formula is C30H28FN5O5S. The lowest BCUT2D eigenvalue weighted by Gasteiger charge is -2.22. The normalized spacial score (nSPS) is 18.8. The van der Waals surface area contributed by atoms with Crippen molar-refractivity contribution in [1.29, 1.82) is 0 Å². The molecule has 10 nitrogen and oxygen atoms in total. The van der Waals surface area contributed by atoms with Gasteiger partial charge in [0.2, 0.25) is 15.9 Å². The number of hydrogen-bond donors (Lipinski definition) is 2. The van der Waals surface area contributed by atoms with Gasteiger partial charge in [-0.05, 0) is 59.9 Å². The fraction of sp³-hybridized carbons (Fsp3) is 0.267. The number of amides is 2. The predicted octanol–water partition coefficient (Wildman–Crippen LogP) is 3.00. The number of likely N-dealkylation sites (tertiary alicyclic amines) is 1. The Morgan fingerprint density at radius 1 is 0.976 bits per heavy atom. The van der Waals surface area contributed by atoms with E-state index in [0.717, 1.165) is 0 Å². The van der Waals surface area contributed by atoms with Crippen LogP contribution in [-0.4, -0.2) is 65.8 Å². The topological polar surface area (TPSA) is 133 Å². The third-order valence-electron chi connectivity index (χ3n) is 7.96. The van der Waals surface area contributed by atoms with Crippen molar-refractivity contribution >= 4 is 38.3 Å². The summed E-state index contributed by atoms with van der Waals surface area (Å²) < 4.78 is 42.8. The Kier molecular flexibility index (Phi) is 7.11. The second-order valence-corrected chi connectivity index (χ2v) is 12.7. The first-order valence-corrected chi connectivity index (χ1v) is 15.0. The van der Waals surface area contributed by atoms with E-state index in [1.807, 2.05) is 6.07 Å². The number of H-pyrrole nitrogens is 1. The molecule has 2 amide bonds. The number of carbonyl (C=O) groups excluding carboxylic acids is 2. The van der Waals surface area contributed by atoms with Crippen LogP contribution in [0.2, 0.25) is 0 Å². The van der Waals surface area contributed by atoms with Crippen LogP contribution in [0.25, 0.3) is 10.8 Å². The van der Waals surface area contributed by atoms with Crippen molar-refractivity contribution in [1.82, 2.24) is 19.4 Å². The van der Waals surface area contributed by atoms with Gasteiger partial charge in [0.05, 0.1) is 21.5 Å². The summed E-state index contributed by atoms with van der Waals surface area (Å²) in [6.07, 6.45) is 0.293. The molecule has 2 saturated heterocycles. The van der Waals surface area contributed by atoms with Gasteiger partial charge in [-0.25, -0.2) is 17.9 Å². The Bertz CT molecular complexity index is 1860. The number of benzene rings is 3. The SMILES string of the molecule is CC(=O)Nc1ccc(S(=O)(=O)N2CC3CN(C(=O)c4cc(Cc5n[nH]c(=O)c6ccccc56)ccc4F)CC3C2)cc1. The Morgan fingerprint density at radius 2 is 1.64 bits per heavy atom. The van der Waals surface area contributed by atoms with E-state index in [4.69, 9.17) is 0 Å². The predicted molar refractivity (Wildman–Crippen MR) is 154 cm³/mol. The zero-order valence-electron chi connectivity index (χ0n) is 22.7. The number of sulfonamides is 1. The fourth-order valence-electron chi connectivity index (χ4n) is 5.89. The third kappa shape index (κ3) is 5.19. The summed E-state index contributed by atoms with van der Waals surface area (Å²) in [5, 5.41) is 10.5. The molecule has 0 bridgehead atoms. The average molecular weight is 590 g/mol. The van der Waals surface area contributed by atoms with E-state index in [-0.39, 0.29) is 46.9 Å². The molecule has 0 aliphatic carbocycles. The van der Waals surface area contributed by atoms with Gasteiger partial charge < -0.3 is 10.2 Å². The zero-order chi connectivity index (χ0) is 29.6. The van der Waals surface area contributed by atoms with Crippen molar-refractivity contribution in [3.63, 3.8) is 0 Å². The van der Waals surface area contributed by atoms with Crippen LogP contribution in [0, 0.1) is 17.7 Å². The number of hydrogen-bond acceptors (Lipinski definition) is 6. The van der Waals surface area contributed by atoms with Crippen molar-refractivity contribution in [2.75, 3.05) is 31.5 Å². The Labute approximate surface area is 241 Å².